The average molecular weight is 318 g/mol. The molecule has 0 aliphatic carbocycles. The zero-order valence-electron chi connectivity index (χ0n) is 10.2. The third-order valence-corrected chi connectivity index (χ3v) is 3.60. The lowest BCUT2D eigenvalue weighted by Gasteiger charge is -2.03. The molecule has 0 spiro atoms. The number of nitrogens with zero attached hydrogens (tertiary/aromatic N) is 2. The van der Waals surface area contributed by atoms with E-state index in [-0.39, 0.29) is 0 Å². The number of nitrogens with two attached hydrogens (primary N) is 1. The molecule has 19 heavy (non-hydrogen) atoms. The maximum atomic E-state index is 6.05. The Morgan fingerprint density at radius 1 is 1.21 bits per heavy atom. The lowest BCUT2D eigenvalue weighted by molar-refractivity contribution is 1.28. The minimum Gasteiger partial charge on any atom is -0.397 e. The van der Waals surface area contributed by atoms with Gasteiger partial charge in [0.1, 0.15) is 11.6 Å². The smallest absolute Gasteiger partial charge is 0.180 e. The second-order valence-corrected chi connectivity index (χ2v) is 4.96. The Labute approximate surface area is 118 Å². The van der Waals surface area contributed by atoms with Crippen molar-refractivity contribution in [2.24, 2.45) is 0 Å². The second kappa shape index (κ2) is 4.55. The highest BCUT2D eigenvalue weighted by Gasteiger charge is 2.11. The van der Waals surface area contributed by atoms with Gasteiger partial charge < -0.3 is 16.0 Å². The average Bonchev–Trinajstić information content (AvgIpc) is 2.84. The Morgan fingerprint density at radius 2 is 2.05 bits per heavy atom. The Balaban J connectivity index is 2.18. The fourth-order valence-electron chi connectivity index (χ4n) is 1.90. The number of para-hydroxylation sites is 1. The summed E-state index contributed by atoms with van der Waals surface area (Å²) in [6, 6.07) is 9.60. The van der Waals surface area contributed by atoms with Crippen LogP contribution in [0.3, 0.4) is 0 Å². The van der Waals surface area contributed by atoms with E-state index >= 15 is 0 Å². The Kier molecular flexibility index (Phi) is 2.87. The number of nitrogen functional groups attached to an aromatic ring is 1. The highest BCUT2D eigenvalue weighted by molar-refractivity contribution is 9.10. The van der Waals surface area contributed by atoms with E-state index in [1.54, 1.807) is 0 Å². The number of anilines is 2. The summed E-state index contributed by atoms with van der Waals surface area (Å²) in [7, 11) is 1.83. The first-order chi connectivity index (χ1) is 9.19. The van der Waals surface area contributed by atoms with E-state index in [4.69, 9.17) is 5.73 Å². The molecule has 0 bridgehead atoms. The largest absolute Gasteiger partial charge is 0.397 e. The summed E-state index contributed by atoms with van der Waals surface area (Å²) in [4.78, 5) is 12.1. The number of nitrogens with one attached hydrogen (secondary N) is 2. The molecule has 0 saturated carbocycles. The SMILES string of the molecule is CNc1ccc2[nH]c(-c3cccc(Br)c3N)nc2n1. The minimum atomic E-state index is 0.662. The van der Waals surface area contributed by atoms with Gasteiger partial charge in [-0.1, -0.05) is 6.07 Å². The van der Waals surface area contributed by atoms with Crippen molar-refractivity contribution in [2.75, 3.05) is 18.1 Å². The summed E-state index contributed by atoms with van der Waals surface area (Å²) in [5, 5.41) is 2.99. The van der Waals surface area contributed by atoms with Gasteiger partial charge in [0, 0.05) is 17.1 Å². The molecule has 6 heteroatoms. The zero-order valence-corrected chi connectivity index (χ0v) is 11.8. The molecule has 0 saturated heterocycles. The highest BCUT2D eigenvalue weighted by Crippen LogP contribution is 2.30. The lowest BCUT2D eigenvalue weighted by atomic mass is 10.2. The molecule has 2 heterocycles. The van der Waals surface area contributed by atoms with Gasteiger partial charge in [0.25, 0.3) is 0 Å². The number of halogens is 1. The van der Waals surface area contributed by atoms with Crippen molar-refractivity contribution in [3.05, 3.63) is 34.8 Å². The van der Waals surface area contributed by atoms with Gasteiger partial charge in [0.15, 0.2) is 5.65 Å². The number of pyridine rings is 1. The molecule has 0 amide bonds. The van der Waals surface area contributed by atoms with Crippen molar-refractivity contribution >= 4 is 38.6 Å². The van der Waals surface area contributed by atoms with Crippen LogP contribution in [-0.2, 0) is 0 Å². The zero-order chi connectivity index (χ0) is 13.4. The molecule has 0 unspecified atom stereocenters. The first kappa shape index (κ1) is 12.0. The molecular formula is C13H12BrN5. The maximum Gasteiger partial charge on any atom is 0.180 e. The molecule has 5 nitrogen and oxygen atoms in total. The fraction of sp³-hybridized carbons (Fsp3) is 0.0769. The molecular weight excluding hydrogens is 306 g/mol. The van der Waals surface area contributed by atoms with Crippen LogP contribution in [0.2, 0.25) is 0 Å². The maximum absolute atomic E-state index is 6.05. The standard InChI is InChI=1S/C13H12BrN5/c1-16-10-6-5-9-13(18-10)19-12(17-9)7-3-2-4-8(14)11(7)15/h2-6H,15H2,1H3,(H2,16,17,18,19). The van der Waals surface area contributed by atoms with Gasteiger partial charge in [-0.25, -0.2) is 9.97 Å². The lowest BCUT2D eigenvalue weighted by Crippen LogP contribution is -1.92. The van der Waals surface area contributed by atoms with E-state index in [1.165, 1.54) is 0 Å². The van der Waals surface area contributed by atoms with Gasteiger partial charge in [-0.2, -0.15) is 0 Å². The summed E-state index contributed by atoms with van der Waals surface area (Å²) in [5.74, 6) is 1.50. The normalized spacial score (nSPS) is 10.8. The molecule has 4 N–H and O–H groups in total. The molecule has 2 aromatic heterocycles. The van der Waals surface area contributed by atoms with E-state index in [9.17, 15) is 0 Å². The van der Waals surface area contributed by atoms with Crippen molar-refractivity contribution in [2.45, 2.75) is 0 Å². The Morgan fingerprint density at radius 3 is 2.84 bits per heavy atom. The first-order valence-electron chi connectivity index (χ1n) is 5.78. The van der Waals surface area contributed by atoms with Crippen molar-refractivity contribution in [3.63, 3.8) is 0 Å². The third-order valence-electron chi connectivity index (χ3n) is 2.91. The van der Waals surface area contributed by atoms with E-state index in [1.807, 2.05) is 37.4 Å². The number of hydrogen-bond donors (Lipinski definition) is 3. The Bertz CT molecular complexity index is 750. The number of aromatic amines is 1. The summed E-state index contributed by atoms with van der Waals surface area (Å²) in [6.07, 6.45) is 0. The molecule has 0 fully saturated rings. The molecule has 3 rings (SSSR count). The van der Waals surface area contributed by atoms with Gasteiger partial charge in [-0.3, -0.25) is 0 Å². The molecule has 0 radical (unpaired) electrons. The molecule has 0 aliphatic rings. The fourth-order valence-corrected chi connectivity index (χ4v) is 2.27. The quantitative estimate of drug-likeness (QED) is 0.635. The van der Waals surface area contributed by atoms with Crippen molar-refractivity contribution in [1.82, 2.24) is 15.0 Å². The number of fused-ring (bicyclic) bond motifs is 1. The summed E-state index contributed by atoms with van der Waals surface area (Å²) >= 11 is 3.42. The number of H-pyrrole nitrogens is 1. The third kappa shape index (κ3) is 2.04. The van der Waals surface area contributed by atoms with Crippen LogP contribution in [0.25, 0.3) is 22.6 Å². The molecule has 1 aromatic carbocycles. The molecule has 0 aliphatic heterocycles. The van der Waals surface area contributed by atoms with Crippen LogP contribution in [0.15, 0.2) is 34.8 Å². The van der Waals surface area contributed by atoms with Crippen LogP contribution in [0.1, 0.15) is 0 Å². The number of hydrogen-bond acceptors (Lipinski definition) is 4. The van der Waals surface area contributed by atoms with Gasteiger partial charge in [0.2, 0.25) is 0 Å². The molecule has 96 valence electrons. The van der Waals surface area contributed by atoms with Crippen LogP contribution >= 0.6 is 15.9 Å². The second-order valence-electron chi connectivity index (χ2n) is 4.10. The van der Waals surface area contributed by atoms with E-state index in [0.29, 0.717) is 11.3 Å². The minimum absolute atomic E-state index is 0.662. The van der Waals surface area contributed by atoms with Gasteiger partial charge >= 0.3 is 0 Å². The number of imidazole rings is 1. The van der Waals surface area contributed by atoms with Gasteiger partial charge in [0.05, 0.1) is 11.2 Å². The predicted molar refractivity (Wildman–Crippen MR) is 81.0 cm³/mol. The first-order valence-corrected chi connectivity index (χ1v) is 6.57. The molecule has 3 aromatic rings. The van der Waals surface area contributed by atoms with Gasteiger partial charge in [-0.15, -0.1) is 0 Å². The van der Waals surface area contributed by atoms with Crippen molar-refractivity contribution in [3.8, 4) is 11.4 Å². The number of benzene rings is 1. The van der Waals surface area contributed by atoms with Crippen molar-refractivity contribution < 1.29 is 0 Å². The Hall–Kier alpha value is -2.08. The summed E-state index contributed by atoms with van der Waals surface area (Å²) in [5.41, 5.74) is 9.13. The van der Waals surface area contributed by atoms with E-state index in [2.05, 4.69) is 36.2 Å². The van der Waals surface area contributed by atoms with Crippen LogP contribution in [0, 0.1) is 0 Å². The number of aromatic nitrogens is 3. The van der Waals surface area contributed by atoms with Gasteiger partial charge in [-0.05, 0) is 40.2 Å². The van der Waals surface area contributed by atoms with Crippen LogP contribution < -0.4 is 11.1 Å². The molecule has 0 atom stereocenters. The van der Waals surface area contributed by atoms with Crippen molar-refractivity contribution in [1.29, 1.82) is 0 Å². The summed E-state index contributed by atoms with van der Waals surface area (Å²) in [6.45, 7) is 0. The predicted octanol–water partition coefficient (Wildman–Crippen LogP) is 3.01. The van der Waals surface area contributed by atoms with Crippen LogP contribution in [0.4, 0.5) is 11.5 Å². The van der Waals surface area contributed by atoms with Crippen LogP contribution in [0.5, 0.6) is 0 Å². The monoisotopic (exact) mass is 317 g/mol. The van der Waals surface area contributed by atoms with E-state index < -0.39 is 0 Å². The summed E-state index contributed by atoms with van der Waals surface area (Å²) < 4.78 is 0.856. The highest BCUT2D eigenvalue weighted by atomic mass is 79.9. The van der Waals surface area contributed by atoms with E-state index in [0.717, 1.165) is 27.2 Å². The number of rotatable bonds is 2. The van der Waals surface area contributed by atoms with Crippen LogP contribution in [-0.4, -0.2) is 22.0 Å². The topological polar surface area (TPSA) is 79.6 Å².